The van der Waals surface area contributed by atoms with Gasteiger partial charge >= 0.3 is 12.1 Å². The Labute approximate surface area is 116 Å². The Kier molecular flexibility index (Phi) is 5.12. The van der Waals surface area contributed by atoms with Gasteiger partial charge < -0.3 is 10.4 Å². The van der Waals surface area contributed by atoms with Crippen LogP contribution < -0.4 is 10.6 Å². The van der Waals surface area contributed by atoms with E-state index in [4.69, 9.17) is 5.11 Å². The first-order valence-electron chi connectivity index (χ1n) is 5.51. The Bertz CT molecular complexity index is 476. The minimum Gasteiger partial charge on any atom is -0.480 e. The van der Waals surface area contributed by atoms with Crippen LogP contribution in [0.2, 0.25) is 0 Å². The highest BCUT2D eigenvalue weighted by molar-refractivity contribution is 7.09. The highest BCUT2D eigenvalue weighted by atomic mass is 32.1. The van der Waals surface area contributed by atoms with E-state index in [0.29, 0.717) is 6.92 Å². The molecule has 3 N–H and O–H groups in total. The first kappa shape index (κ1) is 16.4. The molecule has 1 heterocycles. The quantitative estimate of drug-likeness (QED) is 0.741. The molecule has 9 heteroatoms. The van der Waals surface area contributed by atoms with E-state index in [1.807, 2.05) is 0 Å². The number of carboxylic acids is 1. The third kappa shape index (κ3) is 3.94. The van der Waals surface area contributed by atoms with Gasteiger partial charge in [-0.3, -0.25) is 10.1 Å². The van der Waals surface area contributed by atoms with E-state index >= 15 is 0 Å². The Morgan fingerprint density at radius 3 is 2.50 bits per heavy atom. The number of carbonyl (C=O) groups excluding carboxylic acids is 1. The van der Waals surface area contributed by atoms with E-state index in [-0.39, 0.29) is 6.54 Å². The largest absolute Gasteiger partial charge is 0.480 e. The number of carboxylic acid groups (broad SMARTS) is 1. The maximum Gasteiger partial charge on any atom is 0.417 e. The normalized spacial score (nSPS) is 14.6. The number of alkyl halides is 3. The summed E-state index contributed by atoms with van der Waals surface area (Å²) < 4.78 is 37.9. The second-order valence-corrected chi connectivity index (χ2v) is 5.17. The van der Waals surface area contributed by atoms with Crippen LogP contribution >= 0.6 is 11.3 Å². The highest BCUT2D eigenvalue weighted by Crippen LogP contribution is 2.30. The lowest BCUT2D eigenvalue weighted by atomic mass is 10.0. The molecule has 0 saturated heterocycles. The topological polar surface area (TPSA) is 78.4 Å². The number of nitrogens with one attached hydrogen (secondary N) is 2. The summed E-state index contributed by atoms with van der Waals surface area (Å²) in [6.07, 6.45) is -5.01. The molecule has 0 aliphatic rings. The number of hydrogen-bond acceptors (Lipinski definition) is 4. The molecule has 1 unspecified atom stereocenters. The lowest BCUT2D eigenvalue weighted by Crippen LogP contribution is -2.61. The minimum absolute atomic E-state index is 0.188. The fraction of sp³-hybridized carbons (Fsp3) is 0.455. The zero-order valence-electron chi connectivity index (χ0n) is 10.5. The maximum absolute atomic E-state index is 12.6. The number of aliphatic carboxylic acids is 1. The minimum atomic E-state index is -5.01. The van der Waals surface area contributed by atoms with E-state index in [1.165, 1.54) is 11.3 Å². The number of halogens is 3. The summed E-state index contributed by atoms with van der Waals surface area (Å²) in [6, 6.07) is 3.53. The molecule has 0 aromatic carbocycles. The predicted octanol–water partition coefficient (Wildman–Crippen LogP) is 1.36. The molecule has 1 aromatic heterocycles. The zero-order chi connectivity index (χ0) is 15.4. The molecule has 20 heavy (non-hydrogen) atoms. The molecule has 0 aliphatic carbocycles. The molecular weight excluding hydrogens is 297 g/mol. The fourth-order valence-corrected chi connectivity index (χ4v) is 1.86. The van der Waals surface area contributed by atoms with Gasteiger partial charge in [-0.2, -0.15) is 13.2 Å². The van der Waals surface area contributed by atoms with Crippen molar-refractivity contribution in [3.63, 3.8) is 0 Å². The van der Waals surface area contributed by atoms with E-state index in [2.05, 4.69) is 5.32 Å². The predicted molar refractivity (Wildman–Crippen MR) is 66.3 cm³/mol. The molecule has 0 bridgehead atoms. The Morgan fingerprint density at radius 1 is 1.40 bits per heavy atom. The summed E-state index contributed by atoms with van der Waals surface area (Å²) >= 11 is 1.39. The number of amides is 1. The number of carbonyl (C=O) groups is 2. The van der Waals surface area contributed by atoms with Gasteiger partial charge in [0.1, 0.15) is 0 Å². The third-order valence-corrected chi connectivity index (χ3v) is 3.51. The molecule has 1 rings (SSSR count). The smallest absolute Gasteiger partial charge is 0.417 e. The summed E-state index contributed by atoms with van der Waals surface area (Å²) in [5.74, 6) is -2.80. The van der Waals surface area contributed by atoms with Crippen molar-refractivity contribution in [2.45, 2.75) is 25.2 Å². The number of thiophene rings is 1. The van der Waals surface area contributed by atoms with Crippen molar-refractivity contribution < 1.29 is 27.9 Å². The summed E-state index contributed by atoms with van der Waals surface area (Å²) in [7, 11) is 0. The standard InChI is InChI=1S/C11H13F3N2O3S/c1-10(9(18)19,11(12,13)14)16-6-8(17)15-5-7-3-2-4-20-7/h2-4,16H,5-6H2,1H3,(H,15,17)(H,18,19). The van der Waals surface area contributed by atoms with Gasteiger partial charge in [0.25, 0.3) is 0 Å². The summed E-state index contributed by atoms with van der Waals surface area (Å²) in [6.45, 7) is -0.0798. The Morgan fingerprint density at radius 2 is 2.05 bits per heavy atom. The summed E-state index contributed by atoms with van der Waals surface area (Å²) in [4.78, 5) is 23.0. The van der Waals surface area contributed by atoms with Crippen LogP contribution in [0.4, 0.5) is 13.2 Å². The molecule has 0 aliphatic heterocycles. The van der Waals surface area contributed by atoms with Gasteiger partial charge in [0, 0.05) is 4.88 Å². The molecule has 1 amide bonds. The van der Waals surface area contributed by atoms with Crippen LogP contribution in [-0.2, 0) is 16.1 Å². The SMILES string of the molecule is CC(NCC(=O)NCc1cccs1)(C(=O)O)C(F)(F)F. The van der Waals surface area contributed by atoms with Gasteiger partial charge in [-0.25, -0.2) is 4.79 Å². The number of hydrogen-bond donors (Lipinski definition) is 3. The van der Waals surface area contributed by atoms with Crippen LogP contribution in [0.15, 0.2) is 17.5 Å². The molecule has 0 fully saturated rings. The first-order chi connectivity index (χ1) is 9.17. The molecular formula is C11H13F3N2O3S. The third-order valence-electron chi connectivity index (χ3n) is 2.64. The van der Waals surface area contributed by atoms with Crippen molar-refractivity contribution in [2.24, 2.45) is 0 Å². The molecule has 5 nitrogen and oxygen atoms in total. The van der Waals surface area contributed by atoms with Crippen LogP contribution in [0.3, 0.4) is 0 Å². The van der Waals surface area contributed by atoms with Gasteiger partial charge in [-0.15, -0.1) is 11.3 Å². The van der Waals surface area contributed by atoms with Crippen molar-refractivity contribution in [3.8, 4) is 0 Å². The van der Waals surface area contributed by atoms with E-state index in [1.54, 1.807) is 22.8 Å². The second-order valence-electron chi connectivity index (χ2n) is 4.14. The van der Waals surface area contributed by atoms with Crippen molar-refractivity contribution in [1.29, 1.82) is 0 Å². The van der Waals surface area contributed by atoms with Crippen LogP contribution in [0.1, 0.15) is 11.8 Å². The monoisotopic (exact) mass is 310 g/mol. The van der Waals surface area contributed by atoms with Gasteiger partial charge in [0.2, 0.25) is 11.4 Å². The summed E-state index contributed by atoms with van der Waals surface area (Å²) in [5.41, 5.74) is -3.16. The molecule has 1 atom stereocenters. The fourth-order valence-electron chi connectivity index (χ4n) is 1.22. The van der Waals surface area contributed by atoms with Crippen LogP contribution in [0.25, 0.3) is 0 Å². The Balaban J connectivity index is 2.51. The average Bonchev–Trinajstić information content (AvgIpc) is 2.84. The molecule has 112 valence electrons. The summed E-state index contributed by atoms with van der Waals surface area (Å²) in [5, 5.41) is 14.6. The van der Waals surface area contributed by atoms with Crippen LogP contribution in [0.5, 0.6) is 0 Å². The van der Waals surface area contributed by atoms with Crippen molar-refractivity contribution in [1.82, 2.24) is 10.6 Å². The Hall–Kier alpha value is -1.61. The lowest BCUT2D eigenvalue weighted by Gasteiger charge is -2.28. The van der Waals surface area contributed by atoms with Gasteiger partial charge in [0.15, 0.2) is 0 Å². The number of rotatable bonds is 6. The second kappa shape index (κ2) is 6.23. The van der Waals surface area contributed by atoms with E-state index in [9.17, 15) is 22.8 Å². The van der Waals surface area contributed by atoms with Crippen LogP contribution in [0, 0.1) is 0 Å². The van der Waals surface area contributed by atoms with Gasteiger partial charge in [-0.05, 0) is 18.4 Å². The van der Waals surface area contributed by atoms with Crippen molar-refractivity contribution in [3.05, 3.63) is 22.4 Å². The molecule has 0 spiro atoms. The van der Waals surface area contributed by atoms with Gasteiger partial charge in [0.05, 0.1) is 13.1 Å². The van der Waals surface area contributed by atoms with Crippen molar-refractivity contribution >= 4 is 23.2 Å². The van der Waals surface area contributed by atoms with E-state index < -0.39 is 30.1 Å². The van der Waals surface area contributed by atoms with Gasteiger partial charge in [-0.1, -0.05) is 6.07 Å². The van der Waals surface area contributed by atoms with Crippen LogP contribution in [-0.4, -0.2) is 35.2 Å². The lowest BCUT2D eigenvalue weighted by molar-refractivity contribution is -0.205. The molecule has 0 radical (unpaired) electrons. The van der Waals surface area contributed by atoms with Crippen molar-refractivity contribution in [2.75, 3.05) is 6.54 Å². The first-order valence-corrected chi connectivity index (χ1v) is 6.39. The highest BCUT2D eigenvalue weighted by Gasteiger charge is 2.57. The molecule has 0 saturated carbocycles. The van der Waals surface area contributed by atoms with E-state index in [0.717, 1.165) is 4.88 Å². The zero-order valence-corrected chi connectivity index (χ0v) is 11.3. The maximum atomic E-state index is 12.6. The average molecular weight is 310 g/mol. The molecule has 1 aromatic rings.